The highest BCUT2D eigenvalue weighted by Crippen LogP contribution is 2.26. The summed E-state index contributed by atoms with van der Waals surface area (Å²) in [6.07, 6.45) is 3.11. The van der Waals surface area contributed by atoms with Gasteiger partial charge in [0.15, 0.2) is 11.4 Å². The van der Waals surface area contributed by atoms with Crippen LogP contribution in [0.15, 0.2) is 66.1 Å². The second-order valence-electron chi connectivity index (χ2n) is 6.03. The van der Waals surface area contributed by atoms with Crippen molar-refractivity contribution in [2.24, 2.45) is 0 Å². The van der Waals surface area contributed by atoms with Gasteiger partial charge in [0.1, 0.15) is 17.2 Å². The van der Waals surface area contributed by atoms with Crippen molar-refractivity contribution in [2.75, 3.05) is 5.75 Å². The van der Waals surface area contributed by atoms with Crippen LogP contribution in [0.4, 0.5) is 4.39 Å². The van der Waals surface area contributed by atoms with Crippen molar-refractivity contribution < 1.29 is 9.18 Å². The Morgan fingerprint density at radius 3 is 2.56 bits per heavy atom. The van der Waals surface area contributed by atoms with Crippen LogP contribution in [0, 0.1) is 12.7 Å². The minimum Gasteiger partial charge on any atom is -0.293 e. The topological polar surface area (TPSA) is 60.7 Å². The van der Waals surface area contributed by atoms with Crippen LogP contribution in [0.3, 0.4) is 0 Å². The highest BCUT2D eigenvalue weighted by Gasteiger charge is 2.14. The maximum atomic E-state index is 13.2. The summed E-state index contributed by atoms with van der Waals surface area (Å²) in [5.74, 6) is 0.00469. The van der Waals surface area contributed by atoms with E-state index in [1.165, 1.54) is 30.2 Å². The molecule has 4 rings (SSSR count). The van der Waals surface area contributed by atoms with Gasteiger partial charge in [-0.05, 0) is 31.2 Å². The van der Waals surface area contributed by atoms with Gasteiger partial charge in [0.2, 0.25) is 0 Å². The molecule has 27 heavy (non-hydrogen) atoms. The molecule has 0 fully saturated rings. The second-order valence-corrected chi connectivity index (χ2v) is 6.99. The van der Waals surface area contributed by atoms with Gasteiger partial charge in [-0.3, -0.25) is 4.79 Å². The number of carbonyl (C=O) groups excluding carboxylic acids is 1. The molecular formula is C20H15FN4OS. The standard InChI is InChI=1S/C20H15FN4OS/c1-13-2-4-14(5-3-13)18(26)11-27-20-17-10-24-25(19(17)22-12-23-20)16-8-6-15(21)7-9-16/h2-10,12H,11H2,1H3. The number of carbonyl (C=O) groups is 1. The summed E-state index contributed by atoms with van der Waals surface area (Å²) in [7, 11) is 0. The third kappa shape index (κ3) is 3.59. The molecule has 0 saturated heterocycles. The maximum absolute atomic E-state index is 13.2. The number of aromatic nitrogens is 4. The fourth-order valence-electron chi connectivity index (χ4n) is 2.67. The van der Waals surface area contributed by atoms with Crippen LogP contribution in [0.1, 0.15) is 15.9 Å². The average Bonchev–Trinajstić information content (AvgIpc) is 3.12. The van der Waals surface area contributed by atoms with Gasteiger partial charge in [0, 0.05) is 5.56 Å². The minimum absolute atomic E-state index is 0.0395. The first kappa shape index (κ1) is 17.4. The Morgan fingerprint density at radius 2 is 1.81 bits per heavy atom. The van der Waals surface area contributed by atoms with Crippen LogP contribution in [0.2, 0.25) is 0 Å². The number of hydrogen-bond donors (Lipinski definition) is 0. The van der Waals surface area contributed by atoms with E-state index in [1.807, 2.05) is 31.2 Å². The number of Topliss-reactive ketones (excluding diaryl/α,β-unsaturated/α-hetero) is 1. The molecular weight excluding hydrogens is 363 g/mol. The molecule has 0 aliphatic rings. The Morgan fingerprint density at radius 1 is 1.07 bits per heavy atom. The third-order valence-corrected chi connectivity index (χ3v) is 5.12. The highest BCUT2D eigenvalue weighted by atomic mass is 32.2. The monoisotopic (exact) mass is 378 g/mol. The van der Waals surface area contributed by atoms with E-state index in [4.69, 9.17) is 0 Å². The van der Waals surface area contributed by atoms with Crippen molar-refractivity contribution in [3.8, 4) is 5.69 Å². The Kier molecular flexibility index (Phi) is 4.68. The molecule has 0 bridgehead atoms. The number of halogens is 1. The first-order chi connectivity index (χ1) is 13.1. The molecule has 4 aromatic rings. The maximum Gasteiger partial charge on any atom is 0.173 e. The van der Waals surface area contributed by atoms with E-state index >= 15 is 0 Å². The molecule has 0 spiro atoms. The Bertz CT molecular complexity index is 1110. The van der Waals surface area contributed by atoms with Gasteiger partial charge in [-0.25, -0.2) is 19.0 Å². The number of rotatable bonds is 5. The number of aryl methyl sites for hydroxylation is 1. The van der Waals surface area contributed by atoms with Crippen LogP contribution in [0.5, 0.6) is 0 Å². The van der Waals surface area contributed by atoms with Gasteiger partial charge in [-0.15, -0.1) is 0 Å². The molecule has 0 aliphatic carbocycles. The summed E-state index contributed by atoms with van der Waals surface area (Å²) < 4.78 is 14.8. The van der Waals surface area contributed by atoms with Gasteiger partial charge < -0.3 is 0 Å². The summed E-state index contributed by atoms with van der Waals surface area (Å²) in [6.45, 7) is 1.99. The van der Waals surface area contributed by atoms with Crippen molar-refractivity contribution in [1.82, 2.24) is 19.7 Å². The smallest absolute Gasteiger partial charge is 0.173 e. The summed E-state index contributed by atoms with van der Waals surface area (Å²) in [5.41, 5.74) is 3.11. The molecule has 0 saturated carbocycles. The van der Waals surface area contributed by atoms with E-state index in [-0.39, 0.29) is 17.4 Å². The Labute approximate surface area is 159 Å². The van der Waals surface area contributed by atoms with E-state index in [1.54, 1.807) is 23.0 Å². The van der Waals surface area contributed by atoms with Crippen molar-refractivity contribution in [3.63, 3.8) is 0 Å². The lowest BCUT2D eigenvalue weighted by atomic mass is 10.1. The number of ketones is 1. The number of hydrogen-bond acceptors (Lipinski definition) is 5. The van der Waals surface area contributed by atoms with Gasteiger partial charge in [0.05, 0.1) is 23.0 Å². The normalized spacial score (nSPS) is 11.0. The van der Waals surface area contributed by atoms with E-state index in [0.29, 0.717) is 21.9 Å². The molecule has 7 heteroatoms. The summed E-state index contributed by atoms with van der Waals surface area (Å²) >= 11 is 1.35. The summed E-state index contributed by atoms with van der Waals surface area (Å²) in [4.78, 5) is 21.0. The number of fused-ring (bicyclic) bond motifs is 1. The van der Waals surface area contributed by atoms with Crippen molar-refractivity contribution in [1.29, 1.82) is 0 Å². The fourth-order valence-corrected chi connectivity index (χ4v) is 3.52. The summed E-state index contributed by atoms with van der Waals surface area (Å²) in [5, 5.41) is 5.79. The van der Waals surface area contributed by atoms with E-state index in [0.717, 1.165) is 10.9 Å². The molecule has 2 heterocycles. The fraction of sp³-hybridized carbons (Fsp3) is 0.100. The zero-order valence-electron chi connectivity index (χ0n) is 14.5. The van der Waals surface area contributed by atoms with Crippen LogP contribution in [0.25, 0.3) is 16.7 Å². The first-order valence-corrected chi connectivity index (χ1v) is 9.28. The quantitative estimate of drug-likeness (QED) is 0.295. The van der Waals surface area contributed by atoms with Gasteiger partial charge in [-0.1, -0.05) is 41.6 Å². The van der Waals surface area contributed by atoms with Gasteiger partial charge in [0.25, 0.3) is 0 Å². The zero-order valence-corrected chi connectivity index (χ0v) is 15.3. The number of thioether (sulfide) groups is 1. The SMILES string of the molecule is Cc1ccc(C(=O)CSc2ncnc3c2cnn3-c2ccc(F)cc2)cc1. The molecule has 134 valence electrons. The van der Waals surface area contributed by atoms with Crippen LogP contribution in [-0.2, 0) is 0 Å². The molecule has 0 radical (unpaired) electrons. The lowest BCUT2D eigenvalue weighted by molar-refractivity contribution is 0.102. The van der Waals surface area contributed by atoms with Gasteiger partial charge in [-0.2, -0.15) is 5.10 Å². The molecule has 0 aliphatic heterocycles. The second kappa shape index (κ2) is 7.28. The molecule has 2 aromatic heterocycles. The third-order valence-electron chi connectivity index (χ3n) is 4.11. The highest BCUT2D eigenvalue weighted by molar-refractivity contribution is 8.00. The van der Waals surface area contributed by atoms with Crippen LogP contribution < -0.4 is 0 Å². The van der Waals surface area contributed by atoms with Gasteiger partial charge >= 0.3 is 0 Å². The first-order valence-electron chi connectivity index (χ1n) is 8.29. The lowest BCUT2D eigenvalue weighted by Gasteiger charge is -2.04. The van der Waals surface area contributed by atoms with Crippen molar-refractivity contribution in [2.45, 2.75) is 11.9 Å². The Balaban J connectivity index is 1.58. The minimum atomic E-state index is -0.310. The molecule has 0 atom stereocenters. The predicted molar refractivity (Wildman–Crippen MR) is 103 cm³/mol. The summed E-state index contributed by atoms with van der Waals surface area (Å²) in [6, 6.07) is 13.5. The van der Waals surface area contributed by atoms with E-state index < -0.39 is 0 Å². The molecule has 5 nitrogen and oxygen atoms in total. The Hall–Kier alpha value is -3.06. The van der Waals surface area contributed by atoms with Crippen molar-refractivity contribution >= 4 is 28.6 Å². The van der Waals surface area contributed by atoms with Crippen LogP contribution >= 0.6 is 11.8 Å². The van der Waals surface area contributed by atoms with E-state index in [9.17, 15) is 9.18 Å². The van der Waals surface area contributed by atoms with Crippen LogP contribution in [-0.4, -0.2) is 31.3 Å². The van der Waals surface area contributed by atoms with E-state index in [2.05, 4.69) is 15.1 Å². The molecule has 0 N–H and O–H groups in total. The molecule has 2 aromatic carbocycles. The zero-order chi connectivity index (χ0) is 18.8. The number of benzene rings is 2. The predicted octanol–water partition coefficient (Wildman–Crippen LogP) is 4.24. The van der Waals surface area contributed by atoms with Crippen molar-refractivity contribution in [3.05, 3.63) is 78.0 Å². The number of nitrogens with zero attached hydrogens (tertiary/aromatic N) is 4. The largest absolute Gasteiger partial charge is 0.293 e. The lowest BCUT2D eigenvalue weighted by Crippen LogP contribution is -2.03. The molecule has 0 amide bonds. The molecule has 0 unspecified atom stereocenters. The average molecular weight is 378 g/mol.